The molecule has 1 saturated carbocycles. The standard InChI is InChI=1S/C16H21N3O/c1-10(2)9-17-16(20)12-6-7-14-13(8-12)18-15(19(14)3)11-4-5-11/h6-8,10-11H,4-5,9H2,1-3H3,(H,17,20). The normalized spacial score (nSPS) is 15.0. The lowest BCUT2D eigenvalue weighted by Gasteiger charge is -2.07. The van der Waals surface area contributed by atoms with Crippen LogP contribution in [0.3, 0.4) is 0 Å². The molecule has 1 heterocycles. The first-order valence-electron chi connectivity index (χ1n) is 7.31. The zero-order valence-electron chi connectivity index (χ0n) is 12.3. The van der Waals surface area contributed by atoms with Crippen molar-refractivity contribution < 1.29 is 4.79 Å². The van der Waals surface area contributed by atoms with Gasteiger partial charge in [0.05, 0.1) is 11.0 Å². The molecule has 0 atom stereocenters. The van der Waals surface area contributed by atoms with E-state index in [1.807, 2.05) is 18.2 Å². The average molecular weight is 271 g/mol. The van der Waals surface area contributed by atoms with Crippen molar-refractivity contribution in [2.75, 3.05) is 6.54 Å². The summed E-state index contributed by atoms with van der Waals surface area (Å²) in [5, 5.41) is 2.95. The second-order valence-corrected chi connectivity index (χ2v) is 6.11. The molecule has 2 aromatic rings. The van der Waals surface area contributed by atoms with Gasteiger partial charge < -0.3 is 9.88 Å². The predicted octanol–water partition coefficient (Wildman–Crippen LogP) is 2.84. The van der Waals surface area contributed by atoms with E-state index < -0.39 is 0 Å². The summed E-state index contributed by atoms with van der Waals surface area (Å²) in [7, 11) is 2.06. The molecule has 1 aromatic heterocycles. The number of carbonyl (C=O) groups is 1. The summed E-state index contributed by atoms with van der Waals surface area (Å²) < 4.78 is 2.16. The predicted molar refractivity (Wildman–Crippen MR) is 79.9 cm³/mol. The highest BCUT2D eigenvalue weighted by Crippen LogP contribution is 2.40. The van der Waals surface area contributed by atoms with Crippen molar-refractivity contribution in [2.24, 2.45) is 13.0 Å². The number of rotatable bonds is 4. The largest absolute Gasteiger partial charge is 0.352 e. The average Bonchev–Trinajstić information content (AvgIpc) is 3.21. The fourth-order valence-electron chi connectivity index (χ4n) is 2.47. The molecule has 106 valence electrons. The molecule has 0 unspecified atom stereocenters. The van der Waals surface area contributed by atoms with Gasteiger partial charge >= 0.3 is 0 Å². The topological polar surface area (TPSA) is 46.9 Å². The quantitative estimate of drug-likeness (QED) is 0.929. The second-order valence-electron chi connectivity index (χ2n) is 6.11. The molecule has 0 spiro atoms. The first-order valence-corrected chi connectivity index (χ1v) is 7.31. The number of aryl methyl sites for hydroxylation is 1. The third kappa shape index (κ3) is 2.42. The van der Waals surface area contributed by atoms with E-state index in [4.69, 9.17) is 4.98 Å². The smallest absolute Gasteiger partial charge is 0.251 e. The number of hydrogen-bond acceptors (Lipinski definition) is 2. The number of nitrogens with zero attached hydrogens (tertiary/aromatic N) is 2. The maximum atomic E-state index is 12.1. The van der Waals surface area contributed by atoms with Gasteiger partial charge in [0.1, 0.15) is 5.82 Å². The van der Waals surface area contributed by atoms with Crippen molar-refractivity contribution >= 4 is 16.9 Å². The third-order valence-electron chi connectivity index (χ3n) is 3.79. The molecule has 1 N–H and O–H groups in total. The van der Waals surface area contributed by atoms with E-state index in [1.165, 1.54) is 12.8 Å². The molecule has 3 rings (SSSR count). The van der Waals surface area contributed by atoms with Crippen LogP contribution in [0.1, 0.15) is 48.8 Å². The van der Waals surface area contributed by atoms with Crippen molar-refractivity contribution in [1.29, 1.82) is 0 Å². The molecular weight excluding hydrogens is 250 g/mol. The summed E-state index contributed by atoms with van der Waals surface area (Å²) in [5.41, 5.74) is 2.72. The molecule has 1 fully saturated rings. The lowest BCUT2D eigenvalue weighted by Crippen LogP contribution is -2.27. The van der Waals surface area contributed by atoms with Gasteiger partial charge in [-0.2, -0.15) is 0 Å². The summed E-state index contributed by atoms with van der Waals surface area (Å²) >= 11 is 0. The van der Waals surface area contributed by atoms with Gasteiger partial charge in [-0.25, -0.2) is 4.98 Å². The Morgan fingerprint density at radius 1 is 1.45 bits per heavy atom. The summed E-state index contributed by atoms with van der Waals surface area (Å²) in [6, 6.07) is 5.78. The monoisotopic (exact) mass is 271 g/mol. The van der Waals surface area contributed by atoms with Crippen LogP contribution in [0.5, 0.6) is 0 Å². The number of nitrogens with one attached hydrogen (secondary N) is 1. The molecule has 0 aliphatic heterocycles. The van der Waals surface area contributed by atoms with Crippen molar-refractivity contribution in [1.82, 2.24) is 14.9 Å². The Morgan fingerprint density at radius 2 is 2.20 bits per heavy atom. The number of benzene rings is 1. The van der Waals surface area contributed by atoms with Crippen LogP contribution in [0.15, 0.2) is 18.2 Å². The summed E-state index contributed by atoms with van der Waals surface area (Å²) in [4.78, 5) is 16.8. The number of carbonyl (C=O) groups excluding carboxylic acids is 1. The van der Waals surface area contributed by atoms with E-state index in [2.05, 4.69) is 30.8 Å². The van der Waals surface area contributed by atoms with Gasteiger partial charge in [-0.05, 0) is 37.0 Å². The van der Waals surface area contributed by atoms with E-state index in [-0.39, 0.29) is 5.91 Å². The summed E-state index contributed by atoms with van der Waals surface area (Å²) in [6.07, 6.45) is 2.47. The number of amides is 1. The Labute approximate surface area is 119 Å². The van der Waals surface area contributed by atoms with E-state index in [9.17, 15) is 4.79 Å². The van der Waals surface area contributed by atoms with Gasteiger partial charge in [-0.15, -0.1) is 0 Å². The maximum absolute atomic E-state index is 12.1. The van der Waals surface area contributed by atoms with Crippen molar-refractivity contribution in [3.05, 3.63) is 29.6 Å². The van der Waals surface area contributed by atoms with Crippen LogP contribution in [0.25, 0.3) is 11.0 Å². The van der Waals surface area contributed by atoms with E-state index >= 15 is 0 Å². The summed E-state index contributed by atoms with van der Waals surface area (Å²) in [6.45, 7) is 4.88. The highest BCUT2D eigenvalue weighted by Gasteiger charge is 2.28. The Hall–Kier alpha value is -1.84. The van der Waals surface area contributed by atoms with Crippen molar-refractivity contribution in [2.45, 2.75) is 32.6 Å². The minimum absolute atomic E-state index is 0.0146. The molecule has 1 aliphatic rings. The number of aromatic nitrogens is 2. The van der Waals surface area contributed by atoms with E-state index in [0.29, 0.717) is 23.9 Å². The molecule has 0 radical (unpaired) electrons. The molecule has 20 heavy (non-hydrogen) atoms. The number of hydrogen-bond donors (Lipinski definition) is 1. The number of imidazole rings is 1. The molecule has 4 heteroatoms. The van der Waals surface area contributed by atoms with Gasteiger partial charge in [0.2, 0.25) is 0 Å². The van der Waals surface area contributed by atoms with Crippen LogP contribution in [-0.2, 0) is 7.05 Å². The minimum atomic E-state index is -0.0146. The van der Waals surface area contributed by atoms with Gasteiger partial charge in [0.15, 0.2) is 0 Å². The van der Waals surface area contributed by atoms with Crippen LogP contribution < -0.4 is 5.32 Å². The fraction of sp³-hybridized carbons (Fsp3) is 0.500. The molecule has 0 bridgehead atoms. The van der Waals surface area contributed by atoms with Crippen molar-refractivity contribution in [3.8, 4) is 0 Å². The summed E-state index contributed by atoms with van der Waals surface area (Å²) in [5.74, 6) is 2.21. The Kier molecular flexibility index (Phi) is 3.24. The molecule has 1 aliphatic carbocycles. The number of fused-ring (bicyclic) bond motifs is 1. The lowest BCUT2D eigenvalue weighted by molar-refractivity contribution is 0.0949. The first-order chi connectivity index (χ1) is 9.56. The lowest BCUT2D eigenvalue weighted by atomic mass is 10.1. The second kappa shape index (κ2) is 4.93. The molecular formula is C16H21N3O. The maximum Gasteiger partial charge on any atom is 0.251 e. The fourth-order valence-corrected chi connectivity index (χ4v) is 2.47. The molecule has 1 amide bonds. The van der Waals surface area contributed by atoms with Crippen LogP contribution in [0.2, 0.25) is 0 Å². The molecule has 1 aromatic carbocycles. The Balaban J connectivity index is 1.88. The van der Waals surface area contributed by atoms with Gasteiger partial charge in [-0.1, -0.05) is 13.8 Å². The van der Waals surface area contributed by atoms with Crippen LogP contribution in [-0.4, -0.2) is 22.0 Å². The Morgan fingerprint density at radius 3 is 2.85 bits per heavy atom. The third-order valence-corrected chi connectivity index (χ3v) is 3.79. The zero-order chi connectivity index (χ0) is 14.3. The van der Waals surface area contributed by atoms with Gasteiger partial charge in [-0.3, -0.25) is 4.79 Å². The highest BCUT2D eigenvalue weighted by molar-refractivity contribution is 5.97. The van der Waals surface area contributed by atoms with Gasteiger partial charge in [0, 0.05) is 25.1 Å². The van der Waals surface area contributed by atoms with Gasteiger partial charge in [0.25, 0.3) is 5.91 Å². The highest BCUT2D eigenvalue weighted by atomic mass is 16.1. The molecule has 0 saturated heterocycles. The van der Waals surface area contributed by atoms with Crippen molar-refractivity contribution in [3.63, 3.8) is 0 Å². The van der Waals surface area contributed by atoms with Crippen LogP contribution in [0, 0.1) is 5.92 Å². The van der Waals surface area contributed by atoms with E-state index in [1.54, 1.807) is 0 Å². The van der Waals surface area contributed by atoms with E-state index in [0.717, 1.165) is 16.9 Å². The minimum Gasteiger partial charge on any atom is -0.352 e. The molecule has 4 nitrogen and oxygen atoms in total. The first kappa shape index (κ1) is 13.2. The SMILES string of the molecule is CC(C)CNC(=O)c1ccc2c(c1)nc(C1CC1)n2C. The van der Waals surface area contributed by atoms with Crippen LogP contribution in [0.4, 0.5) is 0 Å². The van der Waals surface area contributed by atoms with Crippen LogP contribution >= 0.6 is 0 Å². The zero-order valence-corrected chi connectivity index (χ0v) is 12.3. The Bertz CT molecular complexity index is 653.